The molecule has 3 rings (SSSR count). The van der Waals surface area contributed by atoms with Gasteiger partial charge in [-0.2, -0.15) is 0 Å². The van der Waals surface area contributed by atoms with Crippen LogP contribution in [0.25, 0.3) is 0 Å². The van der Waals surface area contributed by atoms with Crippen LogP contribution in [0.5, 0.6) is 23.0 Å². The quantitative estimate of drug-likeness (QED) is 0.209. The maximum absolute atomic E-state index is 11.1. The molecule has 5 nitrogen and oxygen atoms in total. The number of hydrogen-bond acceptors (Lipinski definition) is 5. The highest BCUT2D eigenvalue weighted by molar-refractivity contribution is 5.56. The van der Waals surface area contributed by atoms with Gasteiger partial charge in [0.25, 0.3) is 0 Å². The van der Waals surface area contributed by atoms with Crippen LogP contribution in [0.1, 0.15) is 121 Å². The molecule has 0 spiro atoms. The average molecular weight is 549 g/mol. The average Bonchev–Trinajstić information content (AvgIpc) is 2.77. The summed E-state index contributed by atoms with van der Waals surface area (Å²) in [5.41, 5.74) is 3.55. The van der Waals surface area contributed by atoms with Crippen molar-refractivity contribution in [3.8, 4) is 23.0 Å². The summed E-state index contributed by atoms with van der Waals surface area (Å²) >= 11 is 0. The van der Waals surface area contributed by atoms with E-state index in [2.05, 4.69) is 41.5 Å². The molecule has 40 heavy (non-hydrogen) atoms. The van der Waals surface area contributed by atoms with Gasteiger partial charge >= 0.3 is 0 Å². The topological polar surface area (TPSA) is 101 Å². The molecule has 0 bridgehead atoms. The number of phenolic OH excluding ortho intramolecular Hbond substituents is 4. The van der Waals surface area contributed by atoms with Gasteiger partial charge < -0.3 is 25.5 Å². The van der Waals surface area contributed by atoms with Crippen molar-refractivity contribution in [2.45, 2.75) is 111 Å². The Labute approximate surface area is 240 Å². The normalized spacial score (nSPS) is 13.1. The molecule has 0 aliphatic heterocycles. The molecule has 0 saturated carbocycles. The van der Waals surface area contributed by atoms with E-state index in [0.29, 0.717) is 40.8 Å². The Balaban J connectivity index is 2.05. The smallest absolute Gasteiger partial charge is 0.161 e. The highest BCUT2D eigenvalue weighted by Gasteiger charge is 2.29. The first-order valence-electron chi connectivity index (χ1n) is 14.0. The van der Waals surface area contributed by atoms with Gasteiger partial charge in [0.1, 0.15) is 11.5 Å². The van der Waals surface area contributed by atoms with Crippen molar-refractivity contribution in [1.29, 1.82) is 0 Å². The van der Waals surface area contributed by atoms with E-state index in [0.717, 1.165) is 22.3 Å². The van der Waals surface area contributed by atoms with Crippen LogP contribution in [0.4, 0.5) is 0 Å². The molecule has 0 unspecified atom stereocenters. The number of rotatable bonds is 5. The molecule has 0 radical (unpaired) electrons. The van der Waals surface area contributed by atoms with Gasteiger partial charge in [-0.25, -0.2) is 0 Å². The van der Waals surface area contributed by atoms with Crippen molar-refractivity contribution >= 4 is 0 Å². The number of phenols is 4. The van der Waals surface area contributed by atoms with Gasteiger partial charge in [-0.1, -0.05) is 92.6 Å². The molecule has 0 amide bonds. The van der Waals surface area contributed by atoms with Crippen LogP contribution in [0.2, 0.25) is 0 Å². The summed E-state index contributed by atoms with van der Waals surface area (Å²) in [7, 11) is 0. The van der Waals surface area contributed by atoms with Crippen molar-refractivity contribution in [2.24, 2.45) is 0 Å². The molecular formula is C35H48O5. The lowest BCUT2D eigenvalue weighted by Gasteiger charge is -2.28. The van der Waals surface area contributed by atoms with Gasteiger partial charge in [-0.15, -0.1) is 0 Å². The third kappa shape index (κ3) is 6.58. The largest absolute Gasteiger partial charge is 0.507 e. The zero-order valence-electron chi connectivity index (χ0n) is 26.1. The molecule has 3 aromatic carbocycles. The van der Waals surface area contributed by atoms with Gasteiger partial charge in [0.05, 0.1) is 5.60 Å². The summed E-state index contributed by atoms with van der Waals surface area (Å²) in [6, 6.07) is 11.3. The van der Waals surface area contributed by atoms with E-state index in [4.69, 9.17) is 0 Å². The lowest BCUT2D eigenvalue weighted by Crippen LogP contribution is -2.20. The first-order valence-corrected chi connectivity index (χ1v) is 14.0. The SMILES string of the molecule is CC(C)(C)c1cc(Cc2ccc(Cc3cc(C(C)(C)C)c(O)c(C(C)(C)O)c3)c(O)c2O)cc(C(C)(C)C)c1O. The van der Waals surface area contributed by atoms with E-state index < -0.39 is 5.60 Å². The van der Waals surface area contributed by atoms with Crippen molar-refractivity contribution in [3.63, 3.8) is 0 Å². The van der Waals surface area contributed by atoms with Crippen LogP contribution in [0.3, 0.4) is 0 Å². The first-order chi connectivity index (χ1) is 18.0. The monoisotopic (exact) mass is 548 g/mol. The summed E-state index contributed by atoms with van der Waals surface area (Å²) in [6.07, 6.45) is 0.704. The maximum Gasteiger partial charge on any atom is 0.161 e. The third-order valence-corrected chi connectivity index (χ3v) is 7.53. The second-order valence-electron chi connectivity index (χ2n) is 14.8. The molecule has 0 aliphatic rings. The minimum Gasteiger partial charge on any atom is -0.507 e. The summed E-state index contributed by atoms with van der Waals surface area (Å²) in [4.78, 5) is 0. The number of hydrogen-bond donors (Lipinski definition) is 5. The van der Waals surface area contributed by atoms with Crippen LogP contribution >= 0.6 is 0 Å². The second-order valence-corrected chi connectivity index (χ2v) is 14.8. The lowest BCUT2D eigenvalue weighted by atomic mass is 9.78. The first kappa shape index (κ1) is 31.3. The molecule has 0 heterocycles. The molecule has 218 valence electrons. The highest BCUT2D eigenvalue weighted by atomic mass is 16.3. The van der Waals surface area contributed by atoms with Gasteiger partial charge in [0, 0.05) is 29.5 Å². The van der Waals surface area contributed by atoms with Gasteiger partial charge in [-0.3, -0.25) is 0 Å². The van der Waals surface area contributed by atoms with E-state index >= 15 is 0 Å². The van der Waals surface area contributed by atoms with Crippen LogP contribution in [-0.2, 0) is 34.7 Å². The van der Waals surface area contributed by atoms with Crippen LogP contribution < -0.4 is 0 Å². The minimum absolute atomic E-state index is 0.0734. The fraction of sp³-hybridized carbons (Fsp3) is 0.486. The molecule has 5 N–H and O–H groups in total. The van der Waals surface area contributed by atoms with Gasteiger partial charge in [0.2, 0.25) is 0 Å². The fourth-order valence-electron chi connectivity index (χ4n) is 5.16. The van der Waals surface area contributed by atoms with E-state index in [-0.39, 0.29) is 33.5 Å². The predicted molar refractivity (Wildman–Crippen MR) is 163 cm³/mol. The minimum atomic E-state index is -1.25. The van der Waals surface area contributed by atoms with Crippen molar-refractivity contribution in [2.75, 3.05) is 0 Å². The Hall–Kier alpha value is -3.18. The predicted octanol–water partition coefficient (Wildman–Crippen LogP) is 7.81. The summed E-state index contributed by atoms with van der Waals surface area (Å²) in [5.74, 6) is 0.0284. The van der Waals surface area contributed by atoms with E-state index in [1.165, 1.54) is 0 Å². The molecule has 0 saturated heterocycles. The fourth-order valence-corrected chi connectivity index (χ4v) is 5.16. The van der Waals surface area contributed by atoms with Crippen molar-refractivity contribution in [1.82, 2.24) is 0 Å². The van der Waals surface area contributed by atoms with E-state index in [1.54, 1.807) is 19.9 Å². The Bertz CT molecular complexity index is 1230. The number of aromatic hydroxyl groups is 4. The second kappa shape index (κ2) is 10.3. The van der Waals surface area contributed by atoms with Gasteiger partial charge in [-0.05, 0) is 64.0 Å². The molecule has 0 fully saturated rings. The standard InChI is InChI=1S/C35H48O5/c1-32(2,3)24-16-20(17-25(30(24)38)33(4,5)6)14-22-12-13-23(29(37)28(22)36)15-21-18-26(34(7,8)9)31(39)27(19-21)35(10,11)40/h12-13,16-19,36-40H,14-15H2,1-11H3. The number of aliphatic hydroxyl groups is 1. The Kier molecular flexibility index (Phi) is 8.10. The van der Waals surface area contributed by atoms with Crippen LogP contribution in [0, 0.1) is 0 Å². The maximum atomic E-state index is 11.1. The number of benzene rings is 3. The van der Waals surface area contributed by atoms with Crippen LogP contribution in [-0.4, -0.2) is 25.5 Å². The highest BCUT2D eigenvalue weighted by Crippen LogP contribution is 2.43. The lowest BCUT2D eigenvalue weighted by molar-refractivity contribution is 0.0754. The Morgan fingerprint density at radius 1 is 0.450 bits per heavy atom. The van der Waals surface area contributed by atoms with Crippen molar-refractivity contribution < 1.29 is 25.5 Å². The zero-order chi connectivity index (χ0) is 30.6. The summed E-state index contributed by atoms with van der Waals surface area (Å²) in [5, 5.41) is 54.8. The van der Waals surface area contributed by atoms with E-state index in [1.807, 2.05) is 51.1 Å². The Morgan fingerprint density at radius 2 is 0.725 bits per heavy atom. The van der Waals surface area contributed by atoms with Crippen molar-refractivity contribution in [3.05, 3.63) is 80.9 Å². The molecule has 0 aliphatic carbocycles. The molecular weight excluding hydrogens is 500 g/mol. The van der Waals surface area contributed by atoms with Crippen LogP contribution in [0.15, 0.2) is 36.4 Å². The molecule has 0 aromatic heterocycles. The van der Waals surface area contributed by atoms with Gasteiger partial charge in [0.15, 0.2) is 11.5 Å². The summed E-state index contributed by atoms with van der Waals surface area (Å²) in [6.45, 7) is 21.6. The molecule has 3 aromatic rings. The third-order valence-electron chi connectivity index (χ3n) is 7.53. The summed E-state index contributed by atoms with van der Waals surface area (Å²) < 4.78 is 0. The molecule has 5 heteroatoms. The Morgan fingerprint density at radius 3 is 1.00 bits per heavy atom. The molecule has 0 atom stereocenters. The zero-order valence-corrected chi connectivity index (χ0v) is 26.1. The van der Waals surface area contributed by atoms with E-state index in [9.17, 15) is 25.5 Å².